The molecule has 16 heavy (non-hydrogen) atoms. The van der Waals surface area contributed by atoms with Gasteiger partial charge in [0.25, 0.3) is 0 Å². The van der Waals surface area contributed by atoms with E-state index >= 15 is 0 Å². The largest absolute Gasteiger partial charge is 0.304 e. The second kappa shape index (κ2) is 7.36. The van der Waals surface area contributed by atoms with E-state index in [0.29, 0.717) is 0 Å². The Balaban J connectivity index is 0.000000606. The monoisotopic (exact) mass is 221 g/mol. The van der Waals surface area contributed by atoms with Gasteiger partial charge in [0.15, 0.2) is 0 Å². The molecule has 1 fully saturated rings. The standard InChI is InChI=1S/C11H17N3.C2H6/c1-13-6-8-14(9-7-13)10-11-2-4-12-5-3-11;1-2/h2-5H,6-10H2,1H3;1-2H3. The summed E-state index contributed by atoms with van der Waals surface area (Å²) in [6.07, 6.45) is 3.73. The average Bonchev–Trinajstić information content (AvgIpc) is 2.36. The molecule has 3 heteroatoms. The summed E-state index contributed by atoms with van der Waals surface area (Å²) in [6.45, 7) is 9.80. The number of pyridine rings is 1. The number of hydrogen-bond donors (Lipinski definition) is 0. The van der Waals surface area contributed by atoms with Crippen LogP contribution in [-0.4, -0.2) is 48.0 Å². The molecule has 0 spiro atoms. The van der Waals surface area contributed by atoms with E-state index in [-0.39, 0.29) is 0 Å². The van der Waals surface area contributed by atoms with Crippen molar-refractivity contribution >= 4 is 0 Å². The summed E-state index contributed by atoms with van der Waals surface area (Å²) in [4.78, 5) is 8.90. The van der Waals surface area contributed by atoms with Gasteiger partial charge in [-0.05, 0) is 24.7 Å². The van der Waals surface area contributed by atoms with Crippen LogP contribution in [0.15, 0.2) is 24.5 Å². The van der Waals surface area contributed by atoms with Crippen molar-refractivity contribution < 1.29 is 0 Å². The minimum absolute atomic E-state index is 1.07. The van der Waals surface area contributed by atoms with Gasteiger partial charge in [-0.2, -0.15) is 0 Å². The summed E-state index contributed by atoms with van der Waals surface area (Å²) in [5, 5.41) is 0. The van der Waals surface area contributed by atoms with Crippen molar-refractivity contribution in [2.75, 3.05) is 33.2 Å². The molecule has 0 unspecified atom stereocenters. The second-order valence-corrected chi connectivity index (χ2v) is 3.93. The van der Waals surface area contributed by atoms with E-state index in [1.54, 1.807) is 0 Å². The molecule has 1 aliphatic rings. The molecule has 2 rings (SSSR count). The van der Waals surface area contributed by atoms with Crippen molar-refractivity contribution in [2.45, 2.75) is 20.4 Å². The van der Waals surface area contributed by atoms with Crippen molar-refractivity contribution in [2.24, 2.45) is 0 Å². The zero-order chi connectivity index (χ0) is 11.8. The highest BCUT2D eigenvalue weighted by molar-refractivity contribution is 5.09. The van der Waals surface area contributed by atoms with E-state index in [4.69, 9.17) is 0 Å². The first-order chi connectivity index (χ1) is 7.84. The lowest BCUT2D eigenvalue weighted by Crippen LogP contribution is -2.43. The van der Waals surface area contributed by atoms with E-state index in [0.717, 1.165) is 6.54 Å². The third-order valence-electron chi connectivity index (χ3n) is 2.75. The highest BCUT2D eigenvalue weighted by Crippen LogP contribution is 2.06. The first-order valence-corrected chi connectivity index (χ1v) is 6.14. The van der Waals surface area contributed by atoms with Crippen LogP contribution in [0.3, 0.4) is 0 Å². The van der Waals surface area contributed by atoms with Crippen LogP contribution in [0.2, 0.25) is 0 Å². The molecule has 0 amide bonds. The maximum absolute atomic E-state index is 4.02. The fraction of sp³-hybridized carbons (Fsp3) is 0.615. The second-order valence-electron chi connectivity index (χ2n) is 3.93. The van der Waals surface area contributed by atoms with Crippen molar-refractivity contribution in [1.82, 2.24) is 14.8 Å². The summed E-state index contributed by atoms with van der Waals surface area (Å²) in [5.74, 6) is 0. The summed E-state index contributed by atoms with van der Waals surface area (Å²) in [7, 11) is 2.18. The lowest BCUT2D eigenvalue weighted by molar-refractivity contribution is 0.148. The molecule has 0 aromatic carbocycles. The number of aromatic nitrogens is 1. The Morgan fingerprint density at radius 1 is 1.06 bits per heavy atom. The fourth-order valence-corrected chi connectivity index (χ4v) is 1.75. The Labute approximate surface area is 99.1 Å². The molecule has 0 aliphatic carbocycles. The maximum atomic E-state index is 4.02. The van der Waals surface area contributed by atoms with Gasteiger partial charge in [-0.15, -0.1) is 0 Å². The summed E-state index contributed by atoms with van der Waals surface area (Å²) in [5.41, 5.74) is 1.37. The third-order valence-corrected chi connectivity index (χ3v) is 2.75. The Morgan fingerprint density at radius 3 is 2.19 bits per heavy atom. The minimum Gasteiger partial charge on any atom is -0.304 e. The van der Waals surface area contributed by atoms with Gasteiger partial charge in [-0.25, -0.2) is 0 Å². The maximum Gasteiger partial charge on any atom is 0.0271 e. The van der Waals surface area contributed by atoms with E-state index in [1.807, 2.05) is 26.2 Å². The predicted molar refractivity (Wildman–Crippen MR) is 68.4 cm³/mol. The van der Waals surface area contributed by atoms with Gasteiger partial charge >= 0.3 is 0 Å². The van der Waals surface area contributed by atoms with E-state index in [9.17, 15) is 0 Å². The predicted octanol–water partition coefficient (Wildman–Crippen LogP) is 1.86. The van der Waals surface area contributed by atoms with Crippen LogP contribution in [0.5, 0.6) is 0 Å². The Morgan fingerprint density at radius 2 is 1.62 bits per heavy atom. The first-order valence-electron chi connectivity index (χ1n) is 6.14. The molecule has 0 N–H and O–H groups in total. The van der Waals surface area contributed by atoms with Crippen LogP contribution in [-0.2, 0) is 6.54 Å². The summed E-state index contributed by atoms with van der Waals surface area (Å²) >= 11 is 0. The zero-order valence-electron chi connectivity index (χ0n) is 10.7. The topological polar surface area (TPSA) is 19.4 Å². The molecule has 0 radical (unpaired) electrons. The third kappa shape index (κ3) is 4.29. The zero-order valence-corrected chi connectivity index (χ0v) is 10.7. The molecule has 1 saturated heterocycles. The molecular weight excluding hydrogens is 198 g/mol. The first kappa shape index (κ1) is 13.1. The van der Waals surface area contributed by atoms with Crippen LogP contribution < -0.4 is 0 Å². The molecule has 1 aliphatic heterocycles. The Kier molecular flexibility index (Phi) is 6.04. The lowest BCUT2D eigenvalue weighted by atomic mass is 10.2. The number of hydrogen-bond acceptors (Lipinski definition) is 3. The number of piperazine rings is 1. The molecule has 0 saturated carbocycles. The number of rotatable bonds is 2. The van der Waals surface area contributed by atoms with Gasteiger partial charge in [0.2, 0.25) is 0 Å². The summed E-state index contributed by atoms with van der Waals surface area (Å²) in [6, 6.07) is 4.19. The van der Waals surface area contributed by atoms with Gasteiger partial charge in [0.1, 0.15) is 0 Å². The molecule has 0 atom stereocenters. The normalized spacial score (nSPS) is 17.7. The SMILES string of the molecule is CC.CN1CCN(Cc2ccncc2)CC1. The van der Waals surface area contributed by atoms with E-state index in [2.05, 4.69) is 34.0 Å². The molecule has 90 valence electrons. The highest BCUT2D eigenvalue weighted by Gasteiger charge is 2.13. The van der Waals surface area contributed by atoms with E-state index < -0.39 is 0 Å². The van der Waals surface area contributed by atoms with Gasteiger partial charge in [-0.3, -0.25) is 9.88 Å². The smallest absolute Gasteiger partial charge is 0.0271 e. The van der Waals surface area contributed by atoms with Gasteiger partial charge in [-0.1, -0.05) is 13.8 Å². The number of likely N-dealkylation sites (N-methyl/N-ethyl adjacent to an activating group) is 1. The van der Waals surface area contributed by atoms with Crippen LogP contribution in [0.25, 0.3) is 0 Å². The molecule has 0 bridgehead atoms. The summed E-state index contributed by atoms with van der Waals surface area (Å²) < 4.78 is 0. The van der Waals surface area contributed by atoms with Crippen molar-refractivity contribution in [3.8, 4) is 0 Å². The van der Waals surface area contributed by atoms with Gasteiger partial charge in [0.05, 0.1) is 0 Å². The van der Waals surface area contributed by atoms with E-state index in [1.165, 1.54) is 31.7 Å². The molecule has 1 aromatic heterocycles. The minimum atomic E-state index is 1.07. The van der Waals surface area contributed by atoms with Crippen molar-refractivity contribution in [3.05, 3.63) is 30.1 Å². The highest BCUT2D eigenvalue weighted by atomic mass is 15.2. The Hall–Kier alpha value is -0.930. The van der Waals surface area contributed by atoms with Crippen molar-refractivity contribution in [3.63, 3.8) is 0 Å². The quantitative estimate of drug-likeness (QED) is 0.760. The van der Waals surface area contributed by atoms with Crippen molar-refractivity contribution in [1.29, 1.82) is 0 Å². The van der Waals surface area contributed by atoms with Crippen LogP contribution in [0.1, 0.15) is 19.4 Å². The van der Waals surface area contributed by atoms with Crippen LogP contribution >= 0.6 is 0 Å². The lowest BCUT2D eigenvalue weighted by Gasteiger charge is -2.32. The molecule has 3 nitrogen and oxygen atoms in total. The fourth-order valence-electron chi connectivity index (χ4n) is 1.75. The Bertz CT molecular complexity index is 266. The van der Waals surface area contributed by atoms with Crippen LogP contribution in [0, 0.1) is 0 Å². The molecule has 2 heterocycles. The molecule has 1 aromatic rings. The van der Waals surface area contributed by atoms with Crippen LogP contribution in [0.4, 0.5) is 0 Å². The number of nitrogens with zero attached hydrogens (tertiary/aromatic N) is 3. The average molecular weight is 221 g/mol. The molecular formula is C13H23N3. The van der Waals surface area contributed by atoms with Gasteiger partial charge < -0.3 is 4.90 Å². The van der Waals surface area contributed by atoms with Gasteiger partial charge in [0, 0.05) is 45.1 Å².